The van der Waals surface area contributed by atoms with Crippen LogP contribution in [0.4, 0.5) is 0 Å². The summed E-state index contributed by atoms with van der Waals surface area (Å²) in [7, 11) is 0. The monoisotopic (exact) mass is 143 g/mol. The Balaban J connectivity index is 1.99. The molecule has 0 heterocycles. The second-order valence-corrected chi connectivity index (χ2v) is 3.39. The summed E-state index contributed by atoms with van der Waals surface area (Å²) in [6.07, 6.45) is 1.70. The van der Waals surface area contributed by atoms with E-state index < -0.39 is 6.29 Å². The highest BCUT2D eigenvalue weighted by Gasteiger charge is 2.23. The average molecular weight is 143 g/mol. The molecule has 2 nitrogen and oxygen atoms in total. The van der Waals surface area contributed by atoms with Crippen LogP contribution in [0.1, 0.15) is 26.7 Å². The molecule has 10 heavy (non-hydrogen) atoms. The number of hydrogen-bond donors (Lipinski definition) is 0. The van der Waals surface area contributed by atoms with Crippen molar-refractivity contribution < 1.29 is 9.84 Å². The Kier molecular flexibility index (Phi) is 2.69. The predicted octanol–water partition coefficient (Wildman–Crippen LogP) is 1.83. The summed E-state index contributed by atoms with van der Waals surface area (Å²) in [5.41, 5.74) is 0. The lowest BCUT2D eigenvalue weighted by Gasteiger charge is -2.11. The molecule has 0 aliphatic heterocycles. The van der Waals surface area contributed by atoms with Gasteiger partial charge in [-0.1, -0.05) is 13.8 Å². The van der Waals surface area contributed by atoms with Gasteiger partial charge < -0.3 is 4.74 Å². The van der Waals surface area contributed by atoms with Gasteiger partial charge >= 0.3 is 0 Å². The zero-order valence-corrected chi connectivity index (χ0v) is 6.67. The number of hydrogen-bond acceptors (Lipinski definition) is 1. The fourth-order valence-electron chi connectivity index (χ4n) is 0.708. The lowest BCUT2D eigenvalue weighted by atomic mass is 10.2. The summed E-state index contributed by atoms with van der Waals surface area (Å²) in [5, 5.41) is 10.9. The van der Waals surface area contributed by atoms with Gasteiger partial charge in [-0.2, -0.15) is 0 Å². The van der Waals surface area contributed by atoms with Crippen LogP contribution in [-0.2, 0) is 9.84 Å². The third-order valence-corrected chi connectivity index (χ3v) is 1.74. The van der Waals surface area contributed by atoms with E-state index in [4.69, 9.17) is 4.74 Å². The fourth-order valence-corrected chi connectivity index (χ4v) is 0.708. The summed E-state index contributed by atoms with van der Waals surface area (Å²) in [6.45, 7) is 4.47. The third kappa shape index (κ3) is 2.67. The minimum absolute atomic E-state index is 0.110. The molecule has 1 fully saturated rings. The number of rotatable bonds is 4. The highest BCUT2D eigenvalue weighted by Crippen LogP contribution is 2.29. The van der Waals surface area contributed by atoms with E-state index in [1.54, 1.807) is 0 Å². The van der Waals surface area contributed by atoms with Gasteiger partial charge in [0.15, 0.2) is 6.29 Å². The van der Waals surface area contributed by atoms with Crippen LogP contribution in [0.3, 0.4) is 0 Å². The van der Waals surface area contributed by atoms with Crippen LogP contribution >= 0.6 is 0 Å². The molecule has 0 N–H and O–H groups in total. The molecule has 1 aliphatic carbocycles. The van der Waals surface area contributed by atoms with Crippen LogP contribution < -0.4 is 0 Å². The minimum Gasteiger partial charge on any atom is -0.349 e. The highest BCUT2D eigenvalue weighted by molar-refractivity contribution is 4.72. The molecule has 2 heteroatoms. The molecule has 1 saturated carbocycles. The molecule has 1 radical (unpaired) electrons. The van der Waals surface area contributed by atoms with E-state index in [0.29, 0.717) is 12.5 Å². The zero-order chi connectivity index (χ0) is 7.56. The van der Waals surface area contributed by atoms with Gasteiger partial charge in [0.2, 0.25) is 0 Å². The number of ether oxygens (including phenoxy) is 1. The van der Waals surface area contributed by atoms with Crippen molar-refractivity contribution in [2.45, 2.75) is 33.0 Å². The molecule has 0 bridgehead atoms. The van der Waals surface area contributed by atoms with Gasteiger partial charge in [-0.25, -0.2) is 5.11 Å². The lowest BCUT2D eigenvalue weighted by Crippen LogP contribution is -2.18. The largest absolute Gasteiger partial charge is 0.349 e. The first-order valence-electron chi connectivity index (χ1n) is 3.97. The molecule has 0 spiro atoms. The highest BCUT2D eigenvalue weighted by atomic mass is 16.6. The van der Waals surface area contributed by atoms with Crippen LogP contribution in [0.25, 0.3) is 0 Å². The molecular formula is C8H15O2. The van der Waals surface area contributed by atoms with E-state index in [1.807, 2.05) is 13.8 Å². The van der Waals surface area contributed by atoms with Crippen molar-refractivity contribution in [2.24, 2.45) is 11.8 Å². The van der Waals surface area contributed by atoms with Crippen molar-refractivity contribution in [2.75, 3.05) is 6.61 Å². The van der Waals surface area contributed by atoms with Crippen molar-refractivity contribution in [1.82, 2.24) is 0 Å². The molecule has 0 aromatic carbocycles. The first-order chi connectivity index (χ1) is 4.70. The average Bonchev–Trinajstić information content (AvgIpc) is 2.64. The van der Waals surface area contributed by atoms with Crippen LogP contribution in [0.15, 0.2) is 0 Å². The second-order valence-electron chi connectivity index (χ2n) is 3.39. The SMILES string of the molecule is CC(C)C([O])OCC1CC1. The molecule has 0 saturated heterocycles. The molecule has 0 aromatic rings. The van der Waals surface area contributed by atoms with Crippen LogP contribution in [0, 0.1) is 11.8 Å². The van der Waals surface area contributed by atoms with Crippen LogP contribution in [-0.4, -0.2) is 12.9 Å². The van der Waals surface area contributed by atoms with Crippen molar-refractivity contribution >= 4 is 0 Å². The van der Waals surface area contributed by atoms with Gasteiger partial charge in [0.25, 0.3) is 0 Å². The van der Waals surface area contributed by atoms with E-state index >= 15 is 0 Å². The van der Waals surface area contributed by atoms with Crippen molar-refractivity contribution in [3.8, 4) is 0 Å². The Morgan fingerprint density at radius 2 is 2.10 bits per heavy atom. The van der Waals surface area contributed by atoms with Gasteiger partial charge in [0, 0.05) is 5.92 Å². The normalized spacial score (nSPS) is 21.6. The van der Waals surface area contributed by atoms with E-state index in [-0.39, 0.29) is 5.92 Å². The third-order valence-electron chi connectivity index (χ3n) is 1.74. The first kappa shape index (κ1) is 8.02. The van der Waals surface area contributed by atoms with Gasteiger partial charge in [0.05, 0.1) is 6.61 Å². The topological polar surface area (TPSA) is 29.1 Å². The Morgan fingerprint density at radius 3 is 2.50 bits per heavy atom. The van der Waals surface area contributed by atoms with Crippen LogP contribution in [0.2, 0.25) is 0 Å². The minimum atomic E-state index is -0.805. The summed E-state index contributed by atoms with van der Waals surface area (Å²) in [5.74, 6) is 0.814. The molecule has 1 atom stereocenters. The molecular weight excluding hydrogens is 128 g/mol. The van der Waals surface area contributed by atoms with Gasteiger partial charge in [-0.3, -0.25) is 0 Å². The molecule has 1 rings (SSSR count). The Bertz CT molecular complexity index is 97.4. The lowest BCUT2D eigenvalue weighted by molar-refractivity contribution is -0.167. The van der Waals surface area contributed by atoms with Gasteiger partial charge in [-0.15, -0.1) is 0 Å². The second kappa shape index (κ2) is 3.35. The van der Waals surface area contributed by atoms with Gasteiger partial charge in [-0.05, 0) is 18.8 Å². The van der Waals surface area contributed by atoms with Crippen molar-refractivity contribution in [1.29, 1.82) is 0 Å². The van der Waals surface area contributed by atoms with Crippen molar-refractivity contribution in [3.63, 3.8) is 0 Å². The zero-order valence-electron chi connectivity index (χ0n) is 6.67. The summed E-state index contributed by atoms with van der Waals surface area (Å²) in [6, 6.07) is 0. The van der Waals surface area contributed by atoms with Crippen molar-refractivity contribution in [3.05, 3.63) is 0 Å². The Hall–Kier alpha value is -0.0800. The standard InChI is InChI=1S/C8H15O2/c1-6(2)8(9)10-5-7-3-4-7/h6-8H,3-5H2,1-2H3. The smallest absolute Gasteiger partial charge is 0.193 e. The van der Waals surface area contributed by atoms with Gasteiger partial charge in [0.1, 0.15) is 0 Å². The van der Waals surface area contributed by atoms with E-state index in [2.05, 4.69) is 0 Å². The van der Waals surface area contributed by atoms with E-state index in [9.17, 15) is 5.11 Å². The maximum Gasteiger partial charge on any atom is 0.193 e. The van der Waals surface area contributed by atoms with E-state index in [1.165, 1.54) is 12.8 Å². The molecule has 1 unspecified atom stereocenters. The Morgan fingerprint density at radius 1 is 1.50 bits per heavy atom. The molecule has 59 valence electrons. The fraction of sp³-hybridized carbons (Fsp3) is 1.00. The summed E-state index contributed by atoms with van der Waals surface area (Å²) < 4.78 is 5.07. The molecule has 0 amide bonds. The van der Waals surface area contributed by atoms with Crippen LogP contribution in [0.5, 0.6) is 0 Å². The predicted molar refractivity (Wildman–Crippen MR) is 38.0 cm³/mol. The maximum atomic E-state index is 10.9. The summed E-state index contributed by atoms with van der Waals surface area (Å²) in [4.78, 5) is 0. The Labute approximate surface area is 62.2 Å². The van der Waals surface area contributed by atoms with E-state index in [0.717, 1.165) is 0 Å². The first-order valence-corrected chi connectivity index (χ1v) is 3.97. The molecule has 1 aliphatic rings. The maximum absolute atomic E-state index is 10.9. The molecule has 0 aromatic heterocycles. The quantitative estimate of drug-likeness (QED) is 0.552. The summed E-state index contributed by atoms with van der Waals surface area (Å²) >= 11 is 0.